The number of carbonyl (C=O) groups is 1. The number of hydrogen-bond acceptors (Lipinski definition) is 5. The van der Waals surface area contributed by atoms with Crippen LogP contribution in [0.25, 0.3) is 0 Å². The number of nitrogens with one attached hydrogen (secondary N) is 3. The molecule has 2 rings (SSSR count). The molecule has 1 aliphatic rings. The van der Waals surface area contributed by atoms with E-state index in [0.717, 1.165) is 25.9 Å². The Bertz CT molecular complexity index is 689. The monoisotopic (exact) mass is 391 g/mol. The average Bonchev–Trinajstić information content (AvgIpc) is 2.54. The molecule has 7 nitrogen and oxygen atoms in total. The molecule has 1 aromatic rings. The highest BCUT2D eigenvalue weighted by molar-refractivity contribution is 7.89. The van der Waals surface area contributed by atoms with Crippen molar-refractivity contribution in [3.63, 3.8) is 0 Å². The second kappa shape index (κ2) is 9.38. The molecule has 3 N–H and O–H groups in total. The molecule has 0 aliphatic carbocycles. The van der Waals surface area contributed by atoms with Crippen LogP contribution in [0.2, 0.25) is 0 Å². The van der Waals surface area contributed by atoms with E-state index in [1.54, 1.807) is 19.9 Å². The molecule has 1 unspecified atom stereocenters. The summed E-state index contributed by atoms with van der Waals surface area (Å²) in [6, 6.07) is 4.23. The molecule has 0 radical (unpaired) electrons. The smallest absolute Gasteiger partial charge is 0.251 e. The normalized spacial score (nSPS) is 17.7. The molecule has 1 aromatic carbocycles. The zero-order valence-corrected chi connectivity index (χ0v) is 16.3. The predicted octanol–water partition coefficient (Wildman–Crippen LogP) is 1.29. The largest absolute Gasteiger partial charge is 0.495 e. The van der Waals surface area contributed by atoms with Crippen LogP contribution in [0.15, 0.2) is 23.1 Å². The molecule has 1 aliphatic heterocycles. The lowest BCUT2D eigenvalue weighted by Gasteiger charge is -2.24. The van der Waals surface area contributed by atoms with Gasteiger partial charge in [0.2, 0.25) is 10.0 Å². The molecule has 25 heavy (non-hydrogen) atoms. The van der Waals surface area contributed by atoms with Crippen molar-refractivity contribution in [3.8, 4) is 5.75 Å². The number of benzene rings is 1. The van der Waals surface area contributed by atoms with Gasteiger partial charge in [-0.05, 0) is 51.4 Å². The van der Waals surface area contributed by atoms with Gasteiger partial charge in [-0.3, -0.25) is 4.79 Å². The number of methoxy groups -OCH3 is 1. The van der Waals surface area contributed by atoms with Crippen LogP contribution in [0.5, 0.6) is 5.75 Å². The van der Waals surface area contributed by atoms with Crippen molar-refractivity contribution in [2.24, 2.45) is 0 Å². The van der Waals surface area contributed by atoms with Crippen LogP contribution in [0.1, 0.15) is 37.0 Å². The summed E-state index contributed by atoms with van der Waals surface area (Å²) in [6.07, 6.45) is 1.92. The van der Waals surface area contributed by atoms with Gasteiger partial charge in [0.25, 0.3) is 5.91 Å². The molecule has 9 heteroatoms. The Kier molecular flexibility index (Phi) is 8.14. The summed E-state index contributed by atoms with van der Waals surface area (Å²) in [7, 11) is -2.36. The Hall–Kier alpha value is -1.35. The molecule has 1 saturated heterocycles. The third-order valence-electron chi connectivity index (χ3n) is 3.74. The minimum atomic E-state index is -3.76. The van der Waals surface area contributed by atoms with Gasteiger partial charge < -0.3 is 15.4 Å². The molecule has 1 fully saturated rings. The number of sulfonamides is 1. The van der Waals surface area contributed by atoms with Crippen molar-refractivity contribution in [1.29, 1.82) is 0 Å². The molecule has 1 amide bonds. The molecule has 0 spiro atoms. The lowest BCUT2D eigenvalue weighted by atomic mass is 10.1. The van der Waals surface area contributed by atoms with E-state index in [1.807, 2.05) is 0 Å². The van der Waals surface area contributed by atoms with Gasteiger partial charge in [-0.1, -0.05) is 0 Å². The second-order valence-corrected chi connectivity index (χ2v) is 7.84. The summed E-state index contributed by atoms with van der Waals surface area (Å²) in [4.78, 5) is 12.4. The first-order valence-electron chi connectivity index (χ1n) is 8.05. The summed E-state index contributed by atoms with van der Waals surface area (Å²) < 4.78 is 32.6. The third kappa shape index (κ3) is 5.85. The molecule has 0 aromatic heterocycles. The Morgan fingerprint density at radius 3 is 2.64 bits per heavy atom. The van der Waals surface area contributed by atoms with E-state index in [1.165, 1.54) is 19.2 Å². The Morgan fingerprint density at radius 2 is 2.08 bits per heavy atom. The summed E-state index contributed by atoms with van der Waals surface area (Å²) in [5.74, 6) is -0.0774. The fraction of sp³-hybridized carbons (Fsp3) is 0.562. The Labute approximate surface area is 155 Å². The predicted molar refractivity (Wildman–Crippen MR) is 99.1 cm³/mol. The first-order chi connectivity index (χ1) is 11.3. The molecule has 142 valence electrons. The van der Waals surface area contributed by atoms with E-state index < -0.39 is 10.0 Å². The minimum Gasteiger partial charge on any atom is -0.495 e. The maximum atomic E-state index is 12.5. The van der Waals surface area contributed by atoms with E-state index in [2.05, 4.69) is 15.4 Å². The van der Waals surface area contributed by atoms with E-state index in [-0.39, 0.29) is 41.0 Å². The molecular formula is C16H26ClN3O4S. The highest BCUT2D eigenvalue weighted by Crippen LogP contribution is 2.25. The molecule has 0 bridgehead atoms. The van der Waals surface area contributed by atoms with Gasteiger partial charge >= 0.3 is 0 Å². The zero-order valence-electron chi connectivity index (χ0n) is 14.7. The summed E-state index contributed by atoms with van der Waals surface area (Å²) in [5, 5.41) is 6.16. The number of ether oxygens (including phenoxy) is 1. The molecule has 0 saturated carbocycles. The van der Waals surface area contributed by atoms with Crippen LogP contribution in [0.3, 0.4) is 0 Å². The van der Waals surface area contributed by atoms with Gasteiger partial charge in [-0.2, -0.15) is 0 Å². The van der Waals surface area contributed by atoms with Gasteiger partial charge in [0.05, 0.1) is 7.11 Å². The fourth-order valence-corrected chi connectivity index (χ4v) is 4.09. The molecule has 1 atom stereocenters. The lowest BCUT2D eigenvalue weighted by Crippen LogP contribution is -2.45. The van der Waals surface area contributed by atoms with E-state index >= 15 is 0 Å². The van der Waals surface area contributed by atoms with Crippen molar-refractivity contribution in [1.82, 2.24) is 15.4 Å². The Morgan fingerprint density at radius 1 is 1.36 bits per heavy atom. The van der Waals surface area contributed by atoms with E-state index in [4.69, 9.17) is 4.74 Å². The number of piperidine rings is 1. The van der Waals surface area contributed by atoms with Crippen LogP contribution < -0.4 is 20.1 Å². The van der Waals surface area contributed by atoms with Gasteiger partial charge in [0.15, 0.2) is 0 Å². The number of rotatable bonds is 6. The second-order valence-electron chi connectivity index (χ2n) is 6.16. The number of carbonyl (C=O) groups excluding carboxylic acids is 1. The highest BCUT2D eigenvalue weighted by atomic mass is 35.5. The van der Waals surface area contributed by atoms with Crippen molar-refractivity contribution in [2.45, 2.75) is 43.7 Å². The van der Waals surface area contributed by atoms with Crippen LogP contribution in [-0.4, -0.2) is 46.6 Å². The first-order valence-corrected chi connectivity index (χ1v) is 9.53. The van der Waals surface area contributed by atoms with Gasteiger partial charge in [-0.15, -0.1) is 12.4 Å². The number of amides is 1. The highest BCUT2D eigenvalue weighted by Gasteiger charge is 2.23. The van der Waals surface area contributed by atoms with Crippen LogP contribution in [0, 0.1) is 0 Å². The maximum Gasteiger partial charge on any atom is 0.251 e. The van der Waals surface area contributed by atoms with Gasteiger partial charge in [0.1, 0.15) is 10.6 Å². The minimum absolute atomic E-state index is 0. The van der Waals surface area contributed by atoms with Crippen LogP contribution in [-0.2, 0) is 10.0 Å². The van der Waals surface area contributed by atoms with Crippen molar-refractivity contribution < 1.29 is 17.9 Å². The Balaban J connectivity index is 0.00000312. The topological polar surface area (TPSA) is 96.5 Å². The lowest BCUT2D eigenvalue weighted by molar-refractivity contribution is 0.0930. The van der Waals surface area contributed by atoms with Crippen LogP contribution in [0.4, 0.5) is 0 Å². The quantitative estimate of drug-likeness (QED) is 0.678. The number of halogens is 1. The summed E-state index contributed by atoms with van der Waals surface area (Å²) in [5.41, 5.74) is 0.297. The first kappa shape index (κ1) is 21.7. The van der Waals surface area contributed by atoms with E-state index in [9.17, 15) is 13.2 Å². The summed E-state index contributed by atoms with van der Waals surface area (Å²) >= 11 is 0. The third-order valence-corrected chi connectivity index (χ3v) is 5.42. The van der Waals surface area contributed by atoms with Crippen molar-refractivity contribution in [3.05, 3.63) is 23.8 Å². The summed E-state index contributed by atoms with van der Waals surface area (Å²) in [6.45, 7) is 5.15. The van der Waals surface area contributed by atoms with Gasteiger partial charge in [0, 0.05) is 24.2 Å². The maximum absolute atomic E-state index is 12.5. The standard InChI is InChI=1S/C16H25N3O4S.ClH/c1-11(2)19-24(21,22)15-9-12(6-7-14(15)23-3)16(20)18-13-5-4-8-17-10-13;/h6-7,9,11,13,17,19H,4-5,8,10H2,1-3H3,(H,18,20);1H. The van der Waals surface area contributed by atoms with Crippen molar-refractivity contribution in [2.75, 3.05) is 20.2 Å². The molecule has 1 heterocycles. The fourth-order valence-electron chi connectivity index (χ4n) is 2.65. The van der Waals surface area contributed by atoms with E-state index in [0.29, 0.717) is 5.56 Å². The van der Waals surface area contributed by atoms with Crippen LogP contribution >= 0.6 is 12.4 Å². The van der Waals surface area contributed by atoms with Gasteiger partial charge in [-0.25, -0.2) is 13.1 Å². The SMILES string of the molecule is COc1ccc(C(=O)NC2CCCNC2)cc1S(=O)(=O)NC(C)C.Cl. The average molecular weight is 392 g/mol. The molecular weight excluding hydrogens is 366 g/mol. The zero-order chi connectivity index (χ0) is 17.7. The van der Waals surface area contributed by atoms with Crippen molar-refractivity contribution >= 4 is 28.3 Å². The number of hydrogen-bond donors (Lipinski definition) is 3.